The van der Waals surface area contributed by atoms with Crippen molar-refractivity contribution >= 4 is 11.5 Å². The van der Waals surface area contributed by atoms with Gasteiger partial charge in [-0.15, -0.1) is 0 Å². The smallest absolute Gasteiger partial charge is 0.242 e. The monoisotopic (exact) mass is 252 g/mol. The van der Waals surface area contributed by atoms with Crippen LogP contribution in [0.15, 0.2) is 6.33 Å². The minimum atomic E-state index is 0.225. The number of methoxy groups -OCH3 is 1. The predicted octanol–water partition coefficient (Wildman–Crippen LogP) is 1.30. The Morgan fingerprint density at radius 1 is 1.44 bits per heavy atom. The highest BCUT2D eigenvalue weighted by atomic mass is 16.5. The van der Waals surface area contributed by atoms with Crippen LogP contribution in [0.1, 0.15) is 19.8 Å². The zero-order chi connectivity index (χ0) is 13.0. The average molecular weight is 252 g/mol. The first-order valence-corrected chi connectivity index (χ1v) is 6.11. The van der Waals surface area contributed by atoms with Crippen LogP contribution in [0.5, 0.6) is 5.88 Å². The fraction of sp³-hybridized carbons (Fsp3) is 0.667. The average Bonchev–Trinajstić information content (AvgIpc) is 2.38. The van der Waals surface area contributed by atoms with Gasteiger partial charge in [0.1, 0.15) is 12.0 Å². The Bertz CT molecular complexity index is 405. The lowest BCUT2D eigenvalue weighted by atomic mass is 9.82. The van der Waals surface area contributed by atoms with Crippen molar-refractivity contribution in [2.45, 2.75) is 19.8 Å². The second-order valence-corrected chi connectivity index (χ2v) is 4.92. The van der Waals surface area contributed by atoms with Gasteiger partial charge < -0.3 is 20.5 Å². The number of nitrogens with two attached hydrogens (primary N) is 1. The summed E-state index contributed by atoms with van der Waals surface area (Å²) in [7, 11) is 1.54. The lowest BCUT2D eigenvalue weighted by Gasteiger charge is -2.33. The maximum atomic E-state index is 5.92. The van der Waals surface area contributed by atoms with Crippen molar-refractivity contribution in [3.63, 3.8) is 0 Å². The molecule has 18 heavy (non-hydrogen) atoms. The van der Waals surface area contributed by atoms with E-state index in [9.17, 15) is 0 Å². The summed E-state index contributed by atoms with van der Waals surface area (Å²) in [5, 5.41) is 3.29. The standard InChI is InChI=1S/C12H20N4O2/c1-12(3-5-18-6-4-12)7-14-10-9(13)11(17-2)16-8-15-10/h8H,3-7,13H2,1-2H3,(H,14,15,16). The zero-order valence-electron chi connectivity index (χ0n) is 10.9. The number of rotatable bonds is 4. The number of nitrogens with one attached hydrogen (secondary N) is 1. The first-order valence-electron chi connectivity index (χ1n) is 6.11. The quantitative estimate of drug-likeness (QED) is 0.840. The van der Waals surface area contributed by atoms with Gasteiger partial charge in [0.15, 0.2) is 5.82 Å². The number of nitrogens with zero attached hydrogens (tertiary/aromatic N) is 2. The lowest BCUT2D eigenvalue weighted by Crippen LogP contribution is -2.33. The van der Waals surface area contributed by atoms with Crippen molar-refractivity contribution in [1.82, 2.24) is 9.97 Å². The molecule has 0 bridgehead atoms. The topological polar surface area (TPSA) is 82.3 Å². The second-order valence-electron chi connectivity index (χ2n) is 4.92. The molecule has 1 aromatic heterocycles. The van der Waals surface area contributed by atoms with E-state index >= 15 is 0 Å². The van der Waals surface area contributed by atoms with Crippen molar-refractivity contribution < 1.29 is 9.47 Å². The van der Waals surface area contributed by atoms with Crippen LogP contribution >= 0.6 is 0 Å². The highest BCUT2D eigenvalue weighted by molar-refractivity contribution is 5.66. The van der Waals surface area contributed by atoms with Gasteiger partial charge in [-0.3, -0.25) is 0 Å². The van der Waals surface area contributed by atoms with E-state index in [1.807, 2.05) is 0 Å². The van der Waals surface area contributed by atoms with Gasteiger partial charge in [0.05, 0.1) is 7.11 Å². The maximum Gasteiger partial charge on any atom is 0.242 e. The second kappa shape index (κ2) is 5.39. The lowest BCUT2D eigenvalue weighted by molar-refractivity contribution is 0.0300. The molecule has 6 heteroatoms. The Balaban J connectivity index is 2.01. The van der Waals surface area contributed by atoms with Crippen molar-refractivity contribution in [1.29, 1.82) is 0 Å². The van der Waals surface area contributed by atoms with E-state index in [4.69, 9.17) is 15.2 Å². The van der Waals surface area contributed by atoms with Crippen LogP contribution in [0.3, 0.4) is 0 Å². The number of hydrogen-bond acceptors (Lipinski definition) is 6. The number of aromatic nitrogens is 2. The van der Waals surface area contributed by atoms with Crippen molar-refractivity contribution in [3.8, 4) is 5.88 Å². The molecule has 1 saturated heterocycles. The van der Waals surface area contributed by atoms with Crippen LogP contribution < -0.4 is 15.8 Å². The predicted molar refractivity (Wildman–Crippen MR) is 69.6 cm³/mol. The van der Waals surface area contributed by atoms with E-state index in [1.54, 1.807) is 7.11 Å². The van der Waals surface area contributed by atoms with Gasteiger partial charge >= 0.3 is 0 Å². The fourth-order valence-corrected chi connectivity index (χ4v) is 2.02. The van der Waals surface area contributed by atoms with E-state index in [-0.39, 0.29) is 5.41 Å². The number of ether oxygens (including phenoxy) is 2. The van der Waals surface area contributed by atoms with Gasteiger partial charge in [-0.2, -0.15) is 4.98 Å². The van der Waals surface area contributed by atoms with E-state index in [2.05, 4.69) is 22.2 Å². The third-order valence-corrected chi connectivity index (χ3v) is 3.42. The van der Waals surface area contributed by atoms with E-state index in [0.717, 1.165) is 32.6 Å². The summed E-state index contributed by atoms with van der Waals surface area (Å²) in [6.07, 6.45) is 3.54. The Morgan fingerprint density at radius 2 is 2.17 bits per heavy atom. The molecule has 1 aliphatic rings. The largest absolute Gasteiger partial charge is 0.479 e. The Labute approximate surface area is 107 Å². The van der Waals surface area contributed by atoms with Crippen LogP contribution in [0.25, 0.3) is 0 Å². The van der Waals surface area contributed by atoms with Crippen LogP contribution in [0.2, 0.25) is 0 Å². The van der Waals surface area contributed by atoms with Gasteiger partial charge in [-0.1, -0.05) is 6.92 Å². The summed E-state index contributed by atoms with van der Waals surface area (Å²) in [6.45, 7) is 4.71. The van der Waals surface area contributed by atoms with Crippen molar-refractivity contribution in [2.75, 3.05) is 37.9 Å². The molecule has 0 amide bonds. The minimum Gasteiger partial charge on any atom is -0.479 e. The van der Waals surface area contributed by atoms with Crippen molar-refractivity contribution in [3.05, 3.63) is 6.33 Å². The van der Waals surface area contributed by atoms with E-state index < -0.39 is 0 Å². The van der Waals surface area contributed by atoms with Gasteiger partial charge in [-0.25, -0.2) is 4.98 Å². The number of hydrogen-bond donors (Lipinski definition) is 2. The molecule has 0 radical (unpaired) electrons. The SMILES string of the molecule is COc1ncnc(NCC2(C)CCOCC2)c1N. The van der Waals surface area contributed by atoms with E-state index in [0.29, 0.717) is 17.4 Å². The molecular formula is C12H20N4O2. The molecule has 0 aromatic carbocycles. The molecule has 2 heterocycles. The molecule has 2 rings (SSSR count). The first kappa shape index (κ1) is 12.9. The van der Waals surface area contributed by atoms with Crippen LogP contribution in [-0.4, -0.2) is 36.8 Å². The Morgan fingerprint density at radius 3 is 2.83 bits per heavy atom. The van der Waals surface area contributed by atoms with Crippen molar-refractivity contribution in [2.24, 2.45) is 5.41 Å². The molecule has 6 nitrogen and oxygen atoms in total. The van der Waals surface area contributed by atoms with Crippen LogP contribution in [0, 0.1) is 5.41 Å². The molecule has 0 unspecified atom stereocenters. The summed E-state index contributed by atoms with van der Waals surface area (Å²) in [6, 6.07) is 0. The molecular weight excluding hydrogens is 232 g/mol. The minimum absolute atomic E-state index is 0.225. The summed E-state index contributed by atoms with van der Waals surface area (Å²) >= 11 is 0. The van der Waals surface area contributed by atoms with Crippen LogP contribution in [-0.2, 0) is 4.74 Å². The molecule has 1 aliphatic heterocycles. The third-order valence-electron chi connectivity index (χ3n) is 3.42. The van der Waals surface area contributed by atoms with Gasteiger partial charge in [0.25, 0.3) is 0 Å². The molecule has 3 N–H and O–H groups in total. The molecule has 0 atom stereocenters. The molecule has 1 fully saturated rings. The fourth-order valence-electron chi connectivity index (χ4n) is 2.02. The van der Waals surface area contributed by atoms with Crippen LogP contribution in [0.4, 0.5) is 11.5 Å². The summed E-state index contributed by atoms with van der Waals surface area (Å²) in [5.41, 5.74) is 6.59. The molecule has 0 spiro atoms. The Hall–Kier alpha value is -1.56. The Kier molecular flexibility index (Phi) is 3.86. The number of anilines is 2. The zero-order valence-corrected chi connectivity index (χ0v) is 10.9. The summed E-state index contributed by atoms with van der Waals surface area (Å²) in [4.78, 5) is 8.10. The molecule has 0 aliphatic carbocycles. The van der Waals surface area contributed by atoms with E-state index in [1.165, 1.54) is 6.33 Å². The first-order chi connectivity index (χ1) is 8.64. The van der Waals surface area contributed by atoms with Gasteiger partial charge in [0.2, 0.25) is 5.88 Å². The van der Waals surface area contributed by atoms with Gasteiger partial charge in [-0.05, 0) is 18.3 Å². The summed E-state index contributed by atoms with van der Waals surface area (Å²) in [5.74, 6) is 1.04. The molecule has 1 aromatic rings. The summed E-state index contributed by atoms with van der Waals surface area (Å²) < 4.78 is 10.4. The highest BCUT2D eigenvalue weighted by Crippen LogP contribution is 2.31. The van der Waals surface area contributed by atoms with Gasteiger partial charge in [0, 0.05) is 19.8 Å². The molecule has 0 saturated carbocycles. The highest BCUT2D eigenvalue weighted by Gasteiger charge is 2.27. The maximum absolute atomic E-state index is 5.92. The third kappa shape index (κ3) is 2.81. The normalized spacial score (nSPS) is 18.3. The number of nitrogen functional groups attached to an aromatic ring is 1. The molecule has 100 valence electrons.